The van der Waals surface area contributed by atoms with Gasteiger partial charge in [0, 0.05) is 40.8 Å². The topological polar surface area (TPSA) is 104 Å². The molecule has 1 unspecified atom stereocenters. The molecule has 0 radical (unpaired) electrons. The molecule has 0 bridgehead atoms. The smallest absolute Gasteiger partial charge is 0.223 e. The summed E-state index contributed by atoms with van der Waals surface area (Å²) in [5.74, 6) is 0.344. The second kappa shape index (κ2) is 15.9. The van der Waals surface area contributed by atoms with Crippen LogP contribution in [0.2, 0.25) is 0 Å². The van der Waals surface area contributed by atoms with E-state index in [0.29, 0.717) is 37.1 Å². The third-order valence-corrected chi connectivity index (χ3v) is 9.90. The van der Waals surface area contributed by atoms with Crippen LogP contribution in [-0.4, -0.2) is 44.5 Å². The third kappa shape index (κ3) is 8.32. The summed E-state index contributed by atoms with van der Waals surface area (Å²) in [5, 5.41) is 15.0. The van der Waals surface area contributed by atoms with Crippen LogP contribution >= 0.6 is 0 Å². The van der Waals surface area contributed by atoms with Crippen molar-refractivity contribution in [1.29, 1.82) is 0 Å². The number of halogens is 1. The number of carbonyl (C=O) groups is 2. The van der Waals surface area contributed by atoms with Gasteiger partial charge in [0.1, 0.15) is 28.4 Å². The molecule has 1 aliphatic carbocycles. The molecular formula is C40H50FN3O4. The molecule has 2 heterocycles. The Bertz CT molecular complexity index is 1730. The lowest BCUT2D eigenvalue weighted by atomic mass is 9.95. The van der Waals surface area contributed by atoms with Crippen molar-refractivity contribution < 1.29 is 23.8 Å². The van der Waals surface area contributed by atoms with E-state index in [2.05, 4.69) is 29.4 Å². The normalized spacial score (nSPS) is 19.4. The first-order chi connectivity index (χ1) is 23.1. The van der Waals surface area contributed by atoms with Gasteiger partial charge in [-0.15, -0.1) is 0 Å². The summed E-state index contributed by atoms with van der Waals surface area (Å²) >= 11 is 0. The number of aromatic nitrogens is 2. The number of fused-ring (bicyclic) bond motifs is 3. The van der Waals surface area contributed by atoms with Gasteiger partial charge < -0.3 is 24.9 Å². The Kier molecular flexibility index (Phi) is 11.7. The zero-order valence-corrected chi connectivity index (χ0v) is 28.7. The van der Waals surface area contributed by atoms with E-state index in [0.717, 1.165) is 66.0 Å². The minimum absolute atomic E-state index is 0.0562. The van der Waals surface area contributed by atoms with Crippen molar-refractivity contribution in [2.75, 3.05) is 0 Å². The highest BCUT2D eigenvalue weighted by Gasteiger charge is 2.57. The molecule has 0 spiro atoms. The predicted octanol–water partition coefficient (Wildman–Crippen LogP) is 8.84. The molecule has 48 heavy (non-hydrogen) atoms. The number of pyridine rings is 1. The number of ketones is 1. The molecular weight excluding hydrogens is 605 g/mol. The average Bonchev–Trinajstić information content (AvgIpc) is 3.64. The maximum Gasteiger partial charge on any atom is 0.223 e. The molecule has 0 saturated heterocycles. The van der Waals surface area contributed by atoms with E-state index in [4.69, 9.17) is 9.72 Å². The number of nitrogens with one attached hydrogen (secondary N) is 2. The van der Waals surface area contributed by atoms with Crippen molar-refractivity contribution in [1.82, 2.24) is 15.3 Å². The van der Waals surface area contributed by atoms with Gasteiger partial charge in [-0.2, -0.15) is 0 Å². The largest absolute Gasteiger partial charge is 0.488 e. The van der Waals surface area contributed by atoms with E-state index >= 15 is 0 Å². The zero-order valence-electron chi connectivity index (χ0n) is 28.7. The van der Waals surface area contributed by atoms with Crippen molar-refractivity contribution in [3.05, 3.63) is 72.6 Å². The van der Waals surface area contributed by atoms with Crippen LogP contribution in [0.1, 0.15) is 91.9 Å². The van der Waals surface area contributed by atoms with Gasteiger partial charge in [-0.25, -0.2) is 9.37 Å². The number of aliphatic hydroxyl groups is 1. The van der Waals surface area contributed by atoms with E-state index in [-0.39, 0.29) is 35.4 Å². The first-order valence-electron chi connectivity index (χ1n) is 17.6. The number of hydrogen-bond acceptors (Lipinski definition) is 5. The van der Waals surface area contributed by atoms with E-state index in [1.807, 2.05) is 37.3 Å². The minimum atomic E-state index is -0.671. The monoisotopic (exact) mass is 655 g/mol. The van der Waals surface area contributed by atoms with Gasteiger partial charge >= 0.3 is 0 Å². The van der Waals surface area contributed by atoms with Crippen LogP contribution in [0.4, 0.5) is 4.39 Å². The van der Waals surface area contributed by atoms with Gasteiger partial charge in [0.15, 0.2) is 0 Å². The number of amides is 1. The van der Waals surface area contributed by atoms with Crippen LogP contribution in [0.25, 0.3) is 33.2 Å². The number of allylic oxidation sites excluding steroid dienone is 1. The molecule has 2 aromatic carbocycles. The molecule has 1 aliphatic rings. The third-order valence-electron chi connectivity index (χ3n) is 9.90. The van der Waals surface area contributed by atoms with Gasteiger partial charge in [-0.1, -0.05) is 57.0 Å². The average molecular weight is 656 g/mol. The second-order valence-corrected chi connectivity index (χ2v) is 13.5. The number of para-hydroxylation sites is 1. The number of ether oxygens (including phenoxy) is 1. The SMILES string of the molecule is CC[C@@H](C[C@H](CC)C(=O)N[C@]1(C(C)O)C[C@H]1/C=C\CCCCCCC(C)=O)Oc1cc(-c2ccc(F)cc2)nc2c1[nH]c1ccccc12. The van der Waals surface area contributed by atoms with Crippen LogP contribution in [0, 0.1) is 17.7 Å². The number of nitrogens with zero attached hydrogens (tertiary/aromatic N) is 1. The molecule has 4 aromatic rings. The number of aliphatic hydroxyl groups excluding tert-OH is 1. The summed E-state index contributed by atoms with van der Waals surface area (Å²) in [6, 6.07) is 16.2. The number of unbranched alkanes of at least 4 members (excludes halogenated alkanes) is 4. The number of rotatable bonds is 18. The molecule has 2 aromatic heterocycles. The fourth-order valence-corrected chi connectivity index (χ4v) is 6.74. The Balaban J connectivity index is 1.26. The maximum atomic E-state index is 13.7. The Morgan fingerprint density at radius 2 is 1.85 bits per heavy atom. The molecule has 1 saturated carbocycles. The lowest BCUT2D eigenvalue weighted by Crippen LogP contribution is -2.48. The Morgan fingerprint density at radius 3 is 2.56 bits per heavy atom. The Labute approximate surface area is 283 Å². The standard InChI is InChI=1S/C40H50FN3O4/c1-5-28(39(47)44-40(27(4)46)25-30(40)16-12-10-8-7-9-11-15-26(3)45)23-32(6-2)48-36-24-35(29-19-21-31(41)22-20-29)43-37-33-17-13-14-18-34(33)42-38(36)37/h12-14,16-22,24,27-28,30,32,42,46H,5-11,15,23,25H2,1-4H3,(H,44,47)/b16-12-/t27?,28-,30+,32-,40-/m0/s1. The number of carbonyl (C=O) groups excluding carboxylic acids is 2. The highest BCUT2D eigenvalue weighted by Crippen LogP contribution is 2.47. The van der Waals surface area contributed by atoms with Gasteiger partial charge in [0.2, 0.25) is 5.91 Å². The van der Waals surface area contributed by atoms with E-state index in [1.165, 1.54) is 12.1 Å². The first kappa shape index (κ1) is 35.3. The summed E-state index contributed by atoms with van der Waals surface area (Å²) in [7, 11) is 0. The van der Waals surface area contributed by atoms with Gasteiger partial charge in [-0.3, -0.25) is 4.79 Å². The molecule has 1 fully saturated rings. The Morgan fingerprint density at radius 1 is 1.10 bits per heavy atom. The zero-order chi connectivity index (χ0) is 34.3. The predicted molar refractivity (Wildman–Crippen MR) is 190 cm³/mol. The number of H-pyrrole nitrogens is 1. The second-order valence-electron chi connectivity index (χ2n) is 13.5. The molecule has 5 atom stereocenters. The lowest BCUT2D eigenvalue weighted by Gasteiger charge is -2.27. The number of aromatic amines is 1. The number of benzene rings is 2. The van der Waals surface area contributed by atoms with E-state index in [1.54, 1.807) is 26.0 Å². The van der Waals surface area contributed by atoms with Crippen LogP contribution in [-0.2, 0) is 9.59 Å². The number of Topliss-reactive ketones (excluding diaryl/α,β-unsaturated/α-hetero) is 1. The highest BCUT2D eigenvalue weighted by atomic mass is 19.1. The molecule has 8 heteroatoms. The van der Waals surface area contributed by atoms with Crippen LogP contribution in [0.3, 0.4) is 0 Å². The molecule has 5 rings (SSSR count). The van der Waals surface area contributed by atoms with E-state index < -0.39 is 11.6 Å². The molecule has 256 valence electrons. The molecule has 7 nitrogen and oxygen atoms in total. The van der Waals surface area contributed by atoms with Crippen molar-refractivity contribution in [2.45, 2.75) is 110 Å². The van der Waals surface area contributed by atoms with E-state index in [9.17, 15) is 19.1 Å². The summed E-state index contributed by atoms with van der Waals surface area (Å²) in [6.07, 6.45) is 11.8. The maximum absolute atomic E-state index is 13.7. The van der Waals surface area contributed by atoms with Gasteiger partial charge in [-0.05, 0) is 89.1 Å². The van der Waals surface area contributed by atoms with Crippen molar-refractivity contribution >= 4 is 33.6 Å². The fraction of sp³-hybridized carbons (Fsp3) is 0.475. The molecule has 0 aliphatic heterocycles. The van der Waals surface area contributed by atoms with Crippen LogP contribution < -0.4 is 10.1 Å². The quantitative estimate of drug-likeness (QED) is 0.0734. The summed E-state index contributed by atoms with van der Waals surface area (Å²) < 4.78 is 20.4. The van der Waals surface area contributed by atoms with Gasteiger partial charge in [0.05, 0.1) is 23.4 Å². The highest BCUT2D eigenvalue weighted by molar-refractivity contribution is 6.07. The number of hydrogen-bond donors (Lipinski definition) is 3. The van der Waals surface area contributed by atoms with Crippen molar-refractivity contribution in [3.8, 4) is 17.0 Å². The van der Waals surface area contributed by atoms with Crippen LogP contribution in [0.5, 0.6) is 5.75 Å². The van der Waals surface area contributed by atoms with Crippen LogP contribution in [0.15, 0.2) is 66.7 Å². The lowest BCUT2D eigenvalue weighted by molar-refractivity contribution is -0.128. The van der Waals surface area contributed by atoms with Crippen molar-refractivity contribution in [3.63, 3.8) is 0 Å². The summed E-state index contributed by atoms with van der Waals surface area (Å²) in [4.78, 5) is 33.3. The minimum Gasteiger partial charge on any atom is -0.488 e. The van der Waals surface area contributed by atoms with Gasteiger partial charge in [0.25, 0.3) is 0 Å². The van der Waals surface area contributed by atoms with Crippen molar-refractivity contribution in [2.24, 2.45) is 11.8 Å². The summed E-state index contributed by atoms with van der Waals surface area (Å²) in [6.45, 7) is 7.47. The molecule has 1 amide bonds. The Hall–Kier alpha value is -4.04. The molecule has 3 N–H and O–H groups in total. The first-order valence-corrected chi connectivity index (χ1v) is 17.6. The fourth-order valence-electron chi connectivity index (χ4n) is 6.74. The summed E-state index contributed by atoms with van der Waals surface area (Å²) in [5.41, 5.74) is 3.34.